The maximum atomic E-state index is 13.3. The molecule has 7 heterocycles. The molecule has 0 bridgehead atoms. The molecule has 0 aliphatic carbocycles. The normalized spacial score (nSPS) is 19.3. The number of oxime groups is 4. The number of carbonyl (C=O) groups excluding carboxylic acids is 8. The van der Waals surface area contributed by atoms with Gasteiger partial charge in [0.05, 0.1) is 64.3 Å². The molecular formula is C105H115Cl3N8O24. The number of ether oxygens (including phenoxy) is 4. The Morgan fingerprint density at radius 1 is 0.321 bits per heavy atom. The Morgan fingerprint density at radius 3 is 0.914 bits per heavy atom. The molecule has 4 amide bonds. The first kappa shape index (κ1) is 107. The fraction of sp³-hybridized carbons (Fsp3) is 0.333. The van der Waals surface area contributed by atoms with Gasteiger partial charge in [0.25, 0.3) is 23.6 Å². The second kappa shape index (κ2) is 58.2. The first-order valence-electron chi connectivity index (χ1n) is 46.0. The van der Waals surface area contributed by atoms with Crippen LogP contribution < -0.4 is 0 Å². The van der Waals surface area contributed by atoms with Gasteiger partial charge in [0, 0.05) is 102 Å². The van der Waals surface area contributed by atoms with Crippen LogP contribution in [-0.4, -0.2) is 223 Å². The second-order valence-corrected chi connectivity index (χ2v) is 33.5. The Kier molecular flexibility index (Phi) is 44.6. The van der Waals surface area contributed by atoms with E-state index >= 15 is 0 Å². The number of aromatic hydroxyl groups is 8. The Morgan fingerprint density at radius 2 is 0.600 bits per heavy atom. The molecule has 13 rings (SSSR count). The average molecular weight is 1980 g/mol. The maximum Gasteiger partial charge on any atom is 0.342 e. The van der Waals surface area contributed by atoms with Crippen molar-refractivity contribution in [3.05, 3.63) is 295 Å². The Bertz CT molecular complexity index is 5580. The van der Waals surface area contributed by atoms with E-state index in [-0.39, 0.29) is 185 Å². The lowest BCUT2D eigenvalue weighted by atomic mass is 9.99. The van der Waals surface area contributed by atoms with Crippen LogP contribution >= 0.6 is 34.8 Å². The molecule has 0 saturated carbocycles. The van der Waals surface area contributed by atoms with Crippen LogP contribution in [0.5, 0.6) is 46.0 Å². The van der Waals surface area contributed by atoms with Crippen molar-refractivity contribution in [2.24, 2.45) is 20.6 Å². The van der Waals surface area contributed by atoms with Crippen molar-refractivity contribution < 1.29 is 118 Å². The minimum Gasteiger partial charge on any atom is -0.508 e. The monoisotopic (exact) mass is 1980 g/mol. The molecule has 0 aromatic heterocycles. The molecule has 0 saturated heterocycles. The molecule has 7 aliphatic rings. The van der Waals surface area contributed by atoms with E-state index in [9.17, 15) is 79.2 Å². The number of rotatable bonds is 16. The zero-order chi connectivity index (χ0) is 99.8. The number of phenolic OH excluding ortho intramolecular Hbond substituents is 8. The summed E-state index contributed by atoms with van der Waals surface area (Å²) in [4.78, 5) is 129. The number of nitrogens with zero attached hydrogens (tertiary/aromatic N) is 8. The lowest BCUT2D eigenvalue weighted by Gasteiger charge is -2.22. The highest BCUT2D eigenvalue weighted by atomic mass is 35.5. The van der Waals surface area contributed by atoms with Crippen molar-refractivity contribution in [1.82, 2.24) is 19.6 Å². The lowest BCUT2D eigenvalue weighted by molar-refractivity contribution is -0.137. The topological polar surface area (TPSA) is 435 Å². The molecule has 6 aromatic carbocycles. The van der Waals surface area contributed by atoms with Crippen LogP contribution in [0.4, 0.5) is 0 Å². The predicted molar refractivity (Wildman–Crippen MR) is 530 cm³/mol. The van der Waals surface area contributed by atoms with Crippen molar-refractivity contribution in [3.8, 4) is 46.0 Å². The van der Waals surface area contributed by atoms with Gasteiger partial charge in [-0.2, -0.15) is 0 Å². The molecular weight excluding hydrogens is 1860 g/mol. The van der Waals surface area contributed by atoms with Gasteiger partial charge in [0.15, 0.2) is 26.4 Å². The number of hydrogen-bond donors (Lipinski definition) is 8. The van der Waals surface area contributed by atoms with Crippen LogP contribution in [0.1, 0.15) is 171 Å². The fourth-order valence-corrected chi connectivity index (χ4v) is 15.4. The molecule has 740 valence electrons. The number of benzene rings is 6. The SMILES string of the molecule is O=C1OCC/C=C/CC/C=C/C(=N/OCC(=O)N2CC=CCC2)Cc2c(Cl)c(O)cc(O)c21.O=C1OCC/C=C/CC/C=C/C(=N/OCC(=O)N2CC=CCC2)Cc2cc(O)cc(O)c21.O=C1OCC/C=C/CC/C=C/C(=N\OCC(=O)N(Cc2ccccc2)Cc2ccccc2)Cc2c(Cl)c(O)cc(O)c21.O=C1OCC/C=C/CC/C=C/C(=N\OCC(=O)N2CC=CCC2)Cc2c(Cl)c(O)cc(O)c21. The van der Waals surface area contributed by atoms with Crippen molar-refractivity contribution >= 4 is 105 Å². The van der Waals surface area contributed by atoms with Crippen LogP contribution in [0.25, 0.3) is 0 Å². The van der Waals surface area contributed by atoms with Gasteiger partial charge in [-0.15, -0.1) is 0 Å². The van der Waals surface area contributed by atoms with E-state index in [1.54, 1.807) is 43.9 Å². The zero-order valence-corrected chi connectivity index (χ0v) is 79.7. The smallest absolute Gasteiger partial charge is 0.342 e. The summed E-state index contributed by atoms with van der Waals surface area (Å²) in [6.45, 7) is 3.92. The summed E-state index contributed by atoms with van der Waals surface area (Å²) in [5, 5.41) is 98.0. The van der Waals surface area contributed by atoms with Crippen molar-refractivity contribution in [3.63, 3.8) is 0 Å². The first-order valence-corrected chi connectivity index (χ1v) is 47.1. The largest absolute Gasteiger partial charge is 0.508 e. The quantitative estimate of drug-likeness (QED) is 0.0193. The van der Waals surface area contributed by atoms with Crippen molar-refractivity contribution in [2.75, 3.05) is 92.1 Å². The number of cyclic esters (lactones) is 4. The van der Waals surface area contributed by atoms with E-state index in [4.69, 9.17) is 73.1 Å². The van der Waals surface area contributed by atoms with Crippen LogP contribution in [-0.2, 0) is 96.2 Å². The number of fused-ring (bicyclic) bond motifs is 4. The van der Waals surface area contributed by atoms with Gasteiger partial charge in [-0.25, -0.2) is 19.2 Å². The molecule has 140 heavy (non-hydrogen) atoms. The van der Waals surface area contributed by atoms with E-state index in [0.717, 1.165) is 99.6 Å². The molecule has 35 heteroatoms. The number of amides is 4. The van der Waals surface area contributed by atoms with Gasteiger partial charge in [-0.3, -0.25) is 19.2 Å². The third-order valence-electron chi connectivity index (χ3n) is 21.9. The number of allylic oxidation sites excluding steroid dienone is 12. The highest BCUT2D eigenvalue weighted by Gasteiger charge is 2.31. The van der Waals surface area contributed by atoms with Gasteiger partial charge in [-0.05, 0) is 160 Å². The van der Waals surface area contributed by atoms with Gasteiger partial charge in [-0.1, -0.05) is 225 Å². The van der Waals surface area contributed by atoms with Gasteiger partial charge >= 0.3 is 23.9 Å². The van der Waals surface area contributed by atoms with E-state index in [2.05, 4.69) is 20.6 Å². The first-order chi connectivity index (χ1) is 67.9. The lowest BCUT2D eigenvalue weighted by Crippen LogP contribution is -2.36. The molecule has 0 atom stereocenters. The summed E-state index contributed by atoms with van der Waals surface area (Å²) in [5.41, 5.74) is 3.80. The minimum atomic E-state index is -0.772. The number of halogens is 3. The summed E-state index contributed by atoms with van der Waals surface area (Å²) in [6, 6.07) is 24.8. The molecule has 0 fully saturated rings. The van der Waals surface area contributed by atoms with Crippen LogP contribution in [0.2, 0.25) is 15.1 Å². The van der Waals surface area contributed by atoms with E-state index in [1.807, 2.05) is 170 Å². The summed E-state index contributed by atoms with van der Waals surface area (Å²) < 4.78 is 21.1. The molecule has 0 spiro atoms. The Labute approximate surface area is 826 Å². The third-order valence-corrected chi connectivity index (χ3v) is 23.1. The number of phenols is 8. The van der Waals surface area contributed by atoms with Gasteiger partial charge in [0.1, 0.15) is 68.2 Å². The van der Waals surface area contributed by atoms with E-state index in [1.165, 1.54) is 6.07 Å². The van der Waals surface area contributed by atoms with Crippen LogP contribution in [0, 0.1) is 0 Å². The van der Waals surface area contributed by atoms with Crippen LogP contribution in [0.15, 0.2) is 245 Å². The van der Waals surface area contributed by atoms with E-state index < -0.39 is 41.1 Å². The Hall–Kier alpha value is -14.6. The van der Waals surface area contributed by atoms with Crippen LogP contribution in [0.3, 0.4) is 0 Å². The highest BCUT2D eigenvalue weighted by Crippen LogP contribution is 2.41. The molecule has 8 N–H and O–H groups in total. The predicted octanol–water partition coefficient (Wildman–Crippen LogP) is 17.4. The average Bonchev–Trinajstić information content (AvgIpc) is 0.814. The van der Waals surface area contributed by atoms with Crippen molar-refractivity contribution in [1.29, 1.82) is 0 Å². The molecule has 32 nitrogen and oxygen atoms in total. The van der Waals surface area contributed by atoms with Crippen molar-refractivity contribution in [2.45, 2.75) is 135 Å². The van der Waals surface area contributed by atoms with Gasteiger partial charge < -0.3 is 98.7 Å². The number of hydrogen-bond acceptors (Lipinski definition) is 28. The molecule has 7 aliphatic heterocycles. The number of esters is 4. The third kappa shape index (κ3) is 35.1. The zero-order valence-electron chi connectivity index (χ0n) is 77.4. The maximum absolute atomic E-state index is 13.3. The van der Waals surface area contributed by atoms with E-state index in [0.29, 0.717) is 113 Å². The summed E-state index contributed by atoms with van der Waals surface area (Å²) in [7, 11) is 0. The summed E-state index contributed by atoms with van der Waals surface area (Å²) in [5.74, 6) is -6.80. The molecule has 0 unspecified atom stereocenters. The minimum absolute atomic E-state index is 0.0267. The second-order valence-electron chi connectivity index (χ2n) is 32.4. The molecule has 0 radical (unpaired) electrons. The standard InChI is InChI=1S/C33H33ClN2O6.2C24H27ClN2O6.C24H28N2O6/c34-32-27-19-26(17-11-3-1-2-4-12-18-41-33(40)31(27)28(37)20-29(32)38)35-42-23-30(39)36(21-24-13-7-5-8-14-24)22-25-15-9-6-10-16-25;2*25-23-18-14-17(26-33-16-21(30)27-11-7-5-8-12-27)10-6-3-1-2-4-9-13-32-24(31)22(18)19(28)15-20(23)29;27-20-15-18-14-19(25-32-17-22(29)26-11-7-5-8-12-26)10-6-3-1-2-4-9-13-31-24(30)23(18)21(28)16-20/h2,4-11,13-17,20,37-38H,1,3,12,18-19,21-23H2;2*2,4-7,10,15,28-29H,1,3,8-9,11-14,16H2;2,4-7,10,15-16,27-28H,1,3,8-9,11-14,17H2/b4-2+,17-11+,35-26+;4-2+,10-6+,26-17+;4-2+,10-6+,26-17-;4-2+,10-6+,25-19-. The summed E-state index contributed by atoms with van der Waals surface area (Å²) >= 11 is 19.0. The van der Waals surface area contributed by atoms with Gasteiger partial charge in [0.2, 0.25) is 0 Å². The fourth-order valence-electron chi connectivity index (χ4n) is 14.7. The Balaban J connectivity index is 0.000000193. The summed E-state index contributed by atoms with van der Waals surface area (Å²) in [6.07, 6.45) is 52.7. The number of carbonyl (C=O) groups is 8. The molecule has 6 aromatic rings. The highest BCUT2D eigenvalue weighted by molar-refractivity contribution is 6.35.